The molecule has 1 heterocycles. The van der Waals surface area contributed by atoms with E-state index in [0.29, 0.717) is 11.3 Å². The lowest BCUT2D eigenvalue weighted by Crippen LogP contribution is -1.89. The number of ether oxygens (including phenoxy) is 1. The minimum Gasteiger partial charge on any atom is -0.497 e. The maximum Gasteiger partial charge on any atom is 0.150 e. The first kappa shape index (κ1) is 14.4. The highest BCUT2D eigenvalue weighted by molar-refractivity contribution is 7.15. The Morgan fingerprint density at radius 3 is 2.56 bits per heavy atom. The van der Waals surface area contributed by atoms with Crippen LogP contribution in [0.5, 0.6) is 5.75 Å². The molecule has 18 heavy (non-hydrogen) atoms. The Morgan fingerprint density at radius 1 is 1.33 bits per heavy atom. The Kier molecular flexibility index (Phi) is 5.52. The van der Waals surface area contributed by atoms with Crippen LogP contribution in [0.15, 0.2) is 24.4 Å². The van der Waals surface area contributed by atoms with Crippen molar-refractivity contribution in [2.24, 2.45) is 0 Å². The Morgan fingerprint density at radius 2 is 2.06 bits per heavy atom. The van der Waals surface area contributed by atoms with Crippen molar-refractivity contribution >= 4 is 17.6 Å². The van der Waals surface area contributed by atoms with Gasteiger partial charge in [0, 0.05) is 22.2 Å². The van der Waals surface area contributed by atoms with E-state index < -0.39 is 0 Å². The van der Waals surface area contributed by atoms with Crippen LogP contribution in [0.2, 0.25) is 0 Å². The molecule has 0 fully saturated rings. The molecule has 0 aliphatic heterocycles. The monoisotopic (exact) mass is 263 g/mol. The molecule has 3 nitrogen and oxygen atoms in total. The van der Waals surface area contributed by atoms with Gasteiger partial charge < -0.3 is 4.74 Å². The second kappa shape index (κ2) is 6.91. The lowest BCUT2D eigenvalue weighted by Gasteiger charge is -2.04. The fraction of sp³-hybridized carbons (Fsp3) is 0.286. The molecule has 0 aliphatic carbocycles. The van der Waals surface area contributed by atoms with Gasteiger partial charge in [-0.15, -0.1) is 11.3 Å². The lowest BCUT2D eigenvalue weighted by atomic mass is 10.1. The number of methoxy groups -OCH3 is 1. The molecule has 0 atom stereocenters. The van der Waals surface area contributed by atoms with Crippen LogP contribution in [0.1, 0.15) is 29.1 Å². The van der Waals surface area contributed by atoms with Crippen molar-refractivity contribution in [3.05, 3.63) is 34.8 Å². The number of aromatic nitrogens is 1. The third-order valence-corrected chi connectivity index (χ3v) is 3.18. The first-order valence-electron chi connectivity index (χ1n) is 5.80. The van der Waals surface area contributed by atoms with Crippen LogP contribution >= 0.6 is 11.3 Å². The third kappa shape index (κ3) is 3.17. The first-order chi connectivity index (χ1) is 8.74. The van der Waals surface area contributed by atoms with Gasteiger partial charge in [0.2, 0.25) is 0 Å². The van der Waals surface area contributed by atoms with Crippen molar-refractivity contribution in [2.45, 2.75) is 20.8 Å². The number of carbonyl (C=O) groups excluding carboxylic acids is 1. The Bertz CT molecular complexity index is 520. The van der Waals surface area contributed by atoms with E-state index in [-0.39, 0.29) is 0 Å². The van der Waals surface area contributed by atoms with Crippen molar-refractivity contribution in [1.29, 1.82) is 0 Å². The maximum atomic E-state index is 11.0. The number of benzene rings is 1. The number of carbonyl (C=O) groups is 1. The molecule has 0 saturated heterocycles. The van der Waals surface area contributed by atoms with Gasteiger partial charge in [-0.2, -0.15) is 0 Å². The predicted octanol–water partition coefficient (Wildman–Crippen LogP) is 3.97. The Balaban J connectivity index is 0.000000771. The Labute approximate surface area is 111 Å². The average Bonchev–Trinajstić information content (AvgIpc) is 2.86. The van der Waals surface area contributed by atoms with Gasteiger partial charge in [0.05, 0.1) is 7.11 Å². The van der Waals surface area contributed by atoms with E-state index in [4.69, 9.17) is 4.74 Å². The molecule has 0 spiro atoms. The molecule has 1 aromatic heterocycles. The molecule has 2 aromatic rings. The van der Waals surface area contributed by atoms with E-state index in [2.05, 4.69) is 4.98 Å². The van der Waals surface area contributed by atoms with E-state index in [9.17, 15) is 4.79 Å². The van der Waals surface area contributed by atoms with Gasteiger partial charge in [0.1, 0.15) is 10.8 Å². The summed E-state index contributed by atoms with van der Waals surface area (Å²) in [5.74, 6) is 0.680. The summed E-state index contributed by atoms with van der Waals surface area (Å²) in [7, 11) is 1.58. The normalized spacial score (nSPS) is 9.33. The van der Waals surface area contributed by atoms with E-state index in [1.165, 1.54) is 0 Å². The van der Waals surface area contributed by atoms with Crippen LogP contribution in [0.3, 0.4) is 0 Å². The smallest absolute Gasteiger partial charge is 0.150 e. The van der Waals surface area contributed by atoms with Crippen LogP contribution in [-0.4, -0.2) is 18.4 Å². The molecule has 0 bridgehead atoms. The van der Waals surface area contributed by atoms with Crippen molar-refractivity contribution in [3.8, 4) is 16.3 Å². The van der Waals surface area contributed by atoms with Gasteiger partial charge in [-0.05, 0) is 25.1 Å². The zero-order valence-corrected chi connectivity index (χ0v) is 11.9. The fourth-order valence-corrected chi connectivity index (χ4v) is 2.25. The molecule has 0 radical (unpaired) electrons. The van der Waals surface area contributed by atoms with Gasteiger partial charge in [0.25, 0.3) is 0 Å². The molecule has 1 aromatic carbocycles. The summed E-state index contributed by atoms with van der Waals surface area (Å²) in [6.45, 7) is 5.99. The predicted molar refractivity (Wildman–Crippen MR) is 75.6 cm³/mol. The number of hydrogen-bond acceptors (Lipinski definition) is 4. The summed E-state index contributed by atoms with van der Waals surface area (Å²) in [6, 6.07) is 5.42. The molecule has 96 valence electrons. The number of nitrogens with zero attached hydrogens (tertiary/aromatic N) is 1. The highest BCUT2D eigenvalue weighted by Gasteiger charge is 2.09. The van der Waals surface area contributed by atoms with Gasteiger partial charge >= 0.3 is 0 Å². The summed E-state index contributed by atoms with van der Waals surface area (Å²) in [4.78, 5) is 16.4. The summed E-state index contributed by atoms with van der Waals surface area (Å²) < 4.78 is 5.08. The largest absolute Gasteiger partial charge is 0.497 e. The SMILES string of the molecule is CC.COc1ccc(-c2ncc(C)s2)c(C=O)c1. The summed E-state index contributed by atoms with van der Waals surface area (Å²) in [6.07, 6.45) is 2.63. The highest BCUT2D eigenvalue weighted by Crippen LogP contribution is 2.29. The van der Waals surface area contributed by atoms with Crippen molar-refractivity contribution in [1.82, 2.24) is 4.98 Å². The van der Waals surface area contributed by atoms with Crippen molar-refractivity contribution in [3.63, 3.8) is 0 Å². The Hall–Kier alpha value is -1.68. The first-order valence-corrected chi connectivity index (χ1v) is 6.62. The second-order valence-electron chi connectivity index (χ2n) is 3.35. The van der Waals surface area contributed by atoms with E-state index in [1.807, 2.05) is 32.9 Å². The number of aryl methyl sites for hydroxylation is 1. The zero-order valence-electron chi connectivity index (χ0n) is 11.1. The molecular formula is C14H17NO2S. The number of thiazole rings is 1. The summed E-state index contributed by atoms with van der Waals surface area (Å²) in [5, 5.41) is 0.863. The third-order valence-electron chi connectivity index (χ3n) is 2.24. The quantitative estimate of drug-likeness (QED) is 0.787. The van der Waals surface area contributed by atoms with E-state index in [1.54, 1.807) is 30.7 Å². The minimum absolute atomic E-state index is 0.605. The summed E-state index contributed by atoms with van der Waals surface area (Å²) >= 11 is 1.57. The van der Waals surface area contributed by atoms with Gasteiger partial charge in [-0.25, -0.2) is 4.98 Å². The molecule has 0 aliphatic rings. The number of rotatable bonds is 3. The second-order valence-corrected chi connectivity index (χ2v) is 4.58. The number of aldehydes is 1. The van der Waals surface area contributed by atoms with Crippen molar-refractivity contribution < 1.29 is 9.53 Å². The van der Waals surface area contributed by atoms with Gasteiger partial charge in [-0.1, -0.05) is 13.8 Å². The standard InChI is InChI=1S/C12H11NO2S.C2H6/c1-8-6-13-12(16-8)11-4-3-10(15-2)5-9(11)7-14;1-2/h3-7H,1-2H3;1-2H3. The van der Waals surface area contributed by atoms with Gasteiger partial charge in [0.15, 0.2) is 6.29 Å². The minimum atomic E-state index is 0.605. The average molecular weight is 263 g/mol. The molecule has 4 heteroatoms. The van der Waals surface area contributed by atoms with Crippen LogP contribution in [-0.2, 0) is 0 Å². The van der Waals surface area contributed by atoms with Crippen LogP contribution < -0.4 is 4.74 Å². The van der Waals surface area contributed by atoms with Crippen LogP contribution in [0.4, 0.5) is 0 Å². The molecule has 0 N–H and O–H groups in total. The van der Waals surface area contributed by atoms with E-state index >= 15 is 0 Å². The molecule has 0 unspecified atom stereocenters. The fourth-order valence-electron chi connectivity index (χ4n) is 1.44. The maximum absolute atomic E-state index is 11.0. The highest BCUT2D eigenvalue weighted by atomic mass is 32.1. The lowest BCUT2D eigenvalue weighted by molar-refractivity contribution is 0.112. The number of hydrogen-bond donors (Lipinski definition) is 0. The molecule has 0 saturated carbocycles. The van der Waals surface area contributed by atoms with Gasteiger partial charge in [-0.3, -0.25) is 4.79 Å². The van der Waals surface area contributed by atoms with Crippen molar-refractivity contribution in [2.75, 3.05) is 7.11 Å². The molecule has 0 amide bonds. The topological polar surface area (TPSA) is 39.2 Å². The van der Waals surface area contributed by atoms with E-state index in [0.717, 1.165) is 21.7 Å². The zero-order chi connectivity index (χ0) is 13.5. The van der Waals surface area contributed by atoms with Crippen LogP contribution in [0.25, 0.3) is 10.6 Å². The molecular weight excluding hydrogens is 246 g/mol. The molecule has 2 rings (SSSR count). The van der Waals surface area contributed by atoms with Crippen LogP contribution in [0, 0.1) is 6.92 Å². The summed E-state index contributed by atoms with van der Waals surface area (Å²) in [5.41, 5.74) is 1.46.